The number of carbonyl (C=O) groups excluding carboxylic acids is 2. The number of amides is 2. The highest BCUT2D eigenvalue weighted by atomic mass is 32.2. The molecule has 9 nitrogen and oxygen atoms in total. The summed E-state index contributed by atoms with van der Waals surface area (Å²) in [6, 6.07) is 11.0. The fourth-order valence-corrected chi connectivity index (χ4v) is 6.94. The number of carbonyl (C=O) groups is 2. The van der Waals surface area contributed by atoms with Crippen molar-refractivity contribution in [1.29, 1.82) is 0 Å². The number of hydrogen-bond acceptors (Lipinski definition) is 6. The molecule has 0 saturated carbocycles. The van der Waals surface area contributed by atoms with Crippen LogP contribution >= 0.6 is 0 Å². The van der Waals surface area contributed by atoms with Crippen LogP contribution in [-0.4, -0.2) is 62.2 Å². The maximum Gasteiger partial charge on any atom is 0.262 e. The number of benzene rings is 2. The van der Waals surface area contributed by atoms with Crippen LogP contribution in [0.25, 0.3) is 0 Å². The van der Waals surface area contributed by atoms with Crippen molar-refractivity contribution in [2.75, 3.05) is 43.4 Å². The lowest BCUT2D eigenvalue weighted by molar-refractivity contribution is -0.121. The Morgan fingerprint density at radius 3 is 2.75 bits per heavy atom. The van der Waals surface area contributed by atoms with Crippen molar-refractivity contribution in [1.82, 2.24) is 9.21 Å². The van der Waals surface area contributed by atoms with Gasteiger partial charge in [0.2, 0.25) is 15.9 Å². The monoisotopic (exact) mass is 512 g/mol. The summed E-state index contributed by atoms with van der Waals surface area (Å²) in [5, 5.41) is 5.71. The van der Waals surface area contributed by atoms with Gasteiger partial charge in [-0.3, -0.25) is 14.5 Å². The van der Waals surface area contributed by atoms with E-state index in [4.69, 9.17) is 4.74 Å². The second-order valence-electron chi connectivity index (χ2n) is 9.83. The van der Waals surface area contributed by atoms with Crippen LogP contribution in [0.2, 0.25) is 0 Å². The van der Waals surface area contributed by atoms with Gasteiger partial charge in [-0.1, -0.05) is 12.1 Å². The summed E-state index contributed by atoms with van der Waals surface area (Å²) < 4.78 is 33.9. The fourth-order valence-electron chi connectivity index (χ4n) is 5.20. The van der Waals surface area contributed by atoms with Gasteiger partial charge in [0, 0.05) is 31.4 Å². The Bertz CT molecular complexity index is 1270. The average Bonchev–Trinajstić information content (AvgIpc) is 3.37. The number of ether oxygens (including phenoxy) is 1. The Balaban J connectivity index is 1.27. The molecule has 2 fully saturated rings. The molecule has 192 valence electrons. The number of aryl methyl sites for hydroxylation is 1. The third kappa shape index (κ3) is 5.25. The topological polar surface area (TPSA) is 108 Å². The minimum absolute atomic E-state index is 0.121. The molecular formula is C26H32N4O5S. The highest BCUT2D eigenvalue weighted by Crippen LogP contribution is 2.35. The van der Waals surface area contributed by atoms with Crippen LogP contribution in [0.3, 0.4) is 0 Å². The summed E-state index contributed by atoms with van der Waals surface area (Å²) in [4.78, 5) is 27.3. The first-order chi connectivity index (χ1) is 17.3. The summed E-state index contributed by atoms with van der Waals surface area (Å²) in [5.41, 5.74) is 2.87. The molecular weight excluding hydrogens is 480 g/mol. The molecule has 10 heteroatoms. The number of sulfonamides is 1. The summed E-state index contributed by atoms with van der Waals surface area (Å²) in [5.74, 6) is -0.548. The third-order valence-electron chi connectivity index (χ3n) is 7.08. The number of nitrogens with one attached hydrogen (secondary N) is 2. The van der Waals surface area contributed by atoms with Crippen molar-refractivity contribution in [2.45, 2.75) is 44.0 Å². The molecule has 0 spiro atoms. The molecule has 36 heavy (non-hydrogen) atoms. The van der Waals surface area contributed by atoms with Crippen LogP contribution in [0.15, 0.2) is 41.3 Å². The SMILES string of the molecule is Cc1cc2c(cc1S(=O)(=O)N1CCCC(C(=O)Nc3cccc(CN4CCCC4)c3)C1)OCC(=O)N2. The maximum atomic E-state index is 13.5. The van der Waals surface area contributed by atoms with Gasteiger partial charge in [-0.05, 0) is 75.0 Å². The van der Waals surface area contributed by atoms with Crippen molar-refractivity contribution in [3.8, 4) is 5.75 Å². The van der Waals surface area contributed by atoms with Crippen LogP contribution in [0.4, 0.5) is 11.4 Å². The van der Waals surface area contributed by atoms with E-state index in [0.717, 1.165) is 30.9 Å². The molecule has 2 N–H and O–H groups in total. The van der Waals surface area contributed by atoms with E-state index in [0.29, 0.717) is 36.4 Å². The minimum atomic E-state index is -3.84. The lowest BCUT2D eigenvalue weighted by Gasteiger charge is -2.32. The highest BCUT2D eigenvalue weighted by Gasteiger charge is 2.35. The normalized spacial score (nSPS) is 20.9. The number of hydrogen-bond donors (Lipinski definition) is 2. The molecule has 0 bridgehead atoms. The predicted octanol–water partition coefficient (Wildman–Crippen LogP) is 2.96. The minimum Gasteiger partial charge on any atom is -0.482 e. The molecule has 2 aromatic carbocycles. The largest absolute Gasteiger partial charge is 0.482 e. The quantitative estimate of drug-likeness (QED) is 0.616. The van der Waals surface area contributed by atoms with Crippen molar-refractivity contribution in [2.24, 2.45) is 5.92 Å². The Kier molecular flexibility index (Phi) is 7.00. The second-order valence-corrected chi connectivity index (χ2v) is 11.7. The summed E-state index contributed by atoms with van der Waals surface area (Å²) >= 11 is 0. The molecule has 2 amide bonds. The zero-order valence-electron chi connectivity index (χ0n) is 20.5. The van der Waals surface area contributed by atoms with Gasteiger partial charge in [-0.15, -0.1) is 0 Å². The maximum absolute atomic E-state index is 13.5. The van der Waals surface area contributed by atoms with E-state index in [9.17, 15) is 18.0 Å². The van der Waals surface area contributed by atoms with Gasteiger partial charge in [-0.2, -0.15) is 4.31 Å². The molecule has 3 aliphatic heterocycles. The van der Waals surface area contributed by atoms with Gasteiger partial charge in [0.05, 0.1) is 16.5 Å². The number of nitrogens with zero attached hydrogens (tertiary/aromatic N) is 2. The third-order valence-corrected chi connectivity index (χ3v) is 9.09. The van der Waals surface area contributed by atoms with Crippen molar-refractivity contribution in [3.63, 3.8) is 0 Å². The molecule has 1 unspecified atom stereocenters. The van der Waals surface area contributed by atoms with Gasteiger partial charge in [0.1, 0.15) is 5.75 Å². The van der Waals surface area contributed by atoms with E-state index < -0.39 is 15.9 Å². The predicted molar refractivity (Wildman–Crippen MR) is 136 cm³/mol. The van der Waals surface area contributed by atoms with Crippen LogP contribution in [-0.2, 0) is 26.2 Å². The number of piperidine rings is 1. The Labute approximate surface area is 211 Å². The molecule has 2 aromatic rings. The molecule has 0 aromatic heterocycles. The number of anilines is 2. The first-order valence-electron chi connectivity index (χ1n) is 12.5. The number of rotatable bonds is 6. The highest BCUT2D eigenvalue weighted by molar-refractivity contribution is 7.89. The van der Waals surface area contributed by atoms with Gasteiger partial charge in [0.25, 0.3) is 5.91 Å². The van der Waals surface area contributed by atoms with Crippen molar-refractivity contribution < 1.29 is 22.7 Å². The second kappa shape index (κ2) is 10.2. The summed E-state index contributed by atoms with van der Waals surface area (Å²) in [6.45, 7) is 5.09. The van der Waals surface area contributed by atoms with E-state index in [1.165, 1.54) is 23.2 Å². The molecule has 3 aliphatic rings. The van der Waals surface area contributed by atoms with Gasteiger partial charge < -0.3 is 15.4 Å². The van der Waals surface area contributed by atoms with E-state index in [1.807, 2.05) is 18.2 Å². The van der Waals surface area contributed by atoms with E-state index in [1.54, 1.807) is 13.0 Å². The first-order valence-corrected chi connectivity index (χ1v) is 13.9. The van der Waals surface area contributed by atoms with Crippen LogP contribution in [0.1, 0.15) is 36.8 Å². The first kappa shape index (κ1) is 24.7. The molecule has 0 aliphatic carbocycles. The molecule has 1 atom stereocenters. The zero-order chi connectivity index (χ0) is 25.3. The standard InChI is InChI=1S/C26H32N4O5S/c1-18-12-22-23(35-17-25(31)28-22)14-24(18)36(33,34)30-11-5-7-20(16-30)26(32)27-21-8-4-6-19(13-21)15-29-9-2-3-10-29/h4,6,8,12-14,20H,2-3,5,7,9-11,15-17H2,1H3,(H,27,32)(H,28,31). The molecule has 3 heterocycles. The Hall–Kier alpha value is -2.95. The van der Waals surface area contributed by atoms with Crippen LogP contribution in [0, 0.1) is 12.8 Å². The number of likely N-dealkylation sites (tertiary alicyclic amines) is 1. The van der Waals surface area contributed by atoms with E-state index in [-0.39, 0.29) is 29.9 Å². The van der Waals surface area contributed by atoms with Gasteiger partial charge in [0.15, 0.2) is 6.61 Å². The Morgan fingerprint density at radius 1 is 1.14 bits per heavy atom. The summed E-state index contributed by atoms with van der Waals surface area (Å²) in [7, 11) is -3.84. The lowest BCUT2D eigenvalue weighted by atomic mass is 9.98. The molecule has 2 saturated heterocycles. The van der Waals surface area contributed by atoms with Crippen molar-refractivity contribution >= 4 is 33.2 Å². The number of fused-ring (bicyclic) bond motifs is 1. The van der Waals surface area contributed by atoms with Crippen LogP contribution in [0.5, 0.6) is 5.75 Å². The Morgan fingerprint density at radius 2 is 1.94 bits per heavy atom. The zero-order valence-corrected chi connectivity index (χ0v) is 21.3. The van der Waals surface area contributed by atoms with E-state index >= 15 is 0 Å². The van der Waals surface area contributed by atoms with Gasteiger partial charge >= 0.3 is 0 Å². The fraction of sp³-hybridized carbons (Fsp3) is 0.462. The van der Waals surface area contributed by atoms with Gasteiger partial charge in [-0.25, -0.2) is 8.42 Å². The van der Waals surface area contributed by atoms with Crippen LogP contribution < -0.4 is 15.4 Å². The van der Waals surface area contributed by atoms with E-state index in [2.05, 4.69) is 21.6 Å². The van der Waals surface area contributed by atoms with Crippen molar-refractivity contribution in [3.05, 3.63) is 47.5 Å². The summed E-state index contributed by atoms with van der Waals surface area (Å²) in [6.07, 6.45) is 3.69. The average molecular weight is 513 g/mol. The molecule has 5 rings (SSSR count). The smallest absolute Gasteiger partial charge is 0.262 e. The molecule has 0 radical (unpaired) electrons. The lowest BCUT2D eigenvalue weighted by Crippen LogP contribution is -2.43.